The number of halogens is 4. The monoisotopic (exact) mass is 453 g/mol. The van der Waals surface area contributed by atoms with Crippen LogP contribution in [0.4, 0.5) is 19.0 Å². The van der Waals surface area contributed by atoms with Crippen LogP contribution >= 0.6 is 11.6 Å². The summed E-state index contributed by atoms with van der Waals surface area (Å²) in [5.74, 6) is -5.04. The first-order valence-corrected chi connectivity index (χ1v) is 9.30. The minimum Gasteiger partial charge on any atom is -0.359 e. The molecule has 2 N–H and O–H groups in total. The number of amides is 1. The van der Waals surface area contributed by atoms with Gasteiger partial charge in [0.1, 0.15) is 23.2 Å². The molecule has 8 nitrogen and oxygen atoms in total. The molecule has 0 fully saturated rings. The maximum Gasteiger partial charge on any atom is 0.306 e. The Kier molecular flexibility index (Phi) is 6.85. The van der Waals surface area contributed by atoms with Crippen molar-refractivity contribution in [3.05, 3.63) is 81.6 Å². The highest BCUT2D eigenvalue weighted by molar-refractivity contribution is 6.29. The van der Waals surface area contributed by atoms with Crippen LogP contribution < -0.4 is 16.2 Å². The molecule has 3 aromatic rings. The molecule has 0 aliphatic carbocycles. The van der Waals surface area contributed by atoms with Gasteiger partial charge in [-0.05, 0) is 24.3 Å². The van der Waals surface area contributed by atoms with Crippen molar-refractivity contribution < 1.29 is 18.0 Å². The van der Waals surface area contributed by atoms with Crippen LogP contribution in [0, 0.1) is 5.82 Å². The van der Waals surface area contributed by atoms with Gasteiger partial charge in [0.25, 0.3) is 5.56 Å². The largest absolute Gasteiger partial charge is 0.359 e. The Labute approximate surface area is 179 Å². The zero-order valence-corrected chi connectivity index (χ0v) is 16.6. The molecule has 3 heterocycles. The summed E-state index contributed by atoms with van der Waals surface area (Å²) in [5.41, 5.74) is -1.33. The predicted octanol–water partition coefficient (Wildman–Crippen LogP) is 2.35. The fourth-order valence-corrected chi connectivity index (χ4v) is 2.72. The molecule has 0 atom stereocenters. The number of rotatable bonds is 8. The standard InChI is InChI=1S/C19H16ClF3N6O2/c20-15-9-27-17(28-11-19(22,23)14-5-1-2-6-25-14)18(31)29(15)10-16(30)26-8-13-12(21)4-3-7-24-13/h1-7,9H,8,10-11H2,(H,26,30)(H,27,28)/i9+0,15+1. The number of alkyl halides is 2. The number of nitrogens with one attached hydrogen (secondary N) is 2. The van der Waals surface area contributed by atoms with Crippen LogP contribution in [0.1, 0.15) is 11.4 Å². The van der Waals surface area contributed by atoms with E-state index >= 15 is 0 Å². The molecule has 0 unspecified atom stereocenters. The van der Waals surface area contributed by atoms with Crippen LogP contribution in [0.15, 0.2) is 53.7 Å². The van der Waals surface area contributed by atoms with Gasteiger partial charge in [-0.25, -0.2) is 9.37 Å². The van der Waals surface area contributed by atoms with Crippen molar-refractivity contribution in [1.29, 1.82) is 0 Å². The van der Waals surface area contributed by atoms with Crippen LogP contribution in [-0.4, -0.2) is 32.0 Å². The van der Waals surface area contributed by atoms with E-state index in [9.17, 15) is 22.8 Å². The lowest BCUT2D eigenvalue weighted by Crippen LogP contribution is -2.35. The van der Waals surface area contributed by atoms with Crippen molar-refractivity contribution in [3.8, 4) is 0 Å². The second-order valence-electron chi connectivity index (χ2n) is 6.30. The third-order valence-electron chi connectivity index (χ3n) is 4.11. The van der Waals surface area contributed by atoms with Crippen molar-refractivity contribution in [1.82, 2.24) is 24.8 Å². The molecule has 0 aromatic carbocycles. The van der Waals surface area contributed by atoms with E-state index in [0.29, 0.717) is 0 Å². The van der Waals surface area contributed by atoms with E-state index in [2.05, 4.69) is 25.6 Å². The maximum atomic E-state index is 14.3. The van der Waals surface area contributed by atoms with Crippen molar-refractivity contribution in [2.24, 2.45) is 0 Å². The number of pyridine rings is 2. The van der Waals surface area contributed by atoms with Gasteiger partial charge in [0.05, 0.1) is 25.0 Å². The summed E-state index contributed by atoms with van der Waals surface area (Å²) in [6, 6.07) is 6.67. The SMILES string of the molecule is O=C(Cn1c(=O)c(NCC(F)(F)c2ccccn2)n[12cH][13c]1Cl)NCc1ncccc1F. The number of aromatic nitrogens is 4. The minimum atomic E-state index is -3.37. The smallest absolute Gasteiger partial charge is 0.306 e. The lowest BCUT2D eigenvalue weighted by molar-refractivity contribution is -0.121. The number of nitrogens with zero attached hydrogens (tertiary/aromatic N) is 4. The van der Waals surface area contributed by atoms with Gasteiger partial charge in [0.2, 0.25) is 5.91 Å². The lowest BCUT2D eigenvalue weighted by Gasteiger charge is -2.17. The van der Waals surface area contributed by atoms with Crippen molar-refractivity contribution in [2.45, 2.75) is 19.0 Å². The van der Waals surface area contributed by atoms with Crippen LogP contribution in [0.3, 0.4) is 0 Å². The summed E-state index contributed by atoms with van der Waals surface area (Å²) in [6.45, 7) is -1.68. The van der Waals surface area contributed by atoms with Gasteiger partial charge in [0.15, 0.2) is 5.82 Å². The minimum absolute atomic E-state index is 0.0168. The molecule has 31 heavy (non-hydrogen) atoms. The van der Waals surface area contributed by atoms with E-state index in [1.807, 2.05) is 0 Å². The highest BCUT2D eigenvalue weighted by atomic mass is 35.5. The van der Waals surface area contributed by atoms with E-state index in [1.165, 1.54) is 36.7 Å². The van der Waals surface area contributed by atoms with E-state index in [1.54, 1.807) is 0 Å². The Balaban J connectivity index is 1.68. The predicted molar refractivity (Wildman–Crippen MR) is 106 cm³/mol. The fraction of sp³-hybridized carbons (Fsp3) is 0.211. The lowest BCUT2D eigenvalue weighted by atomic mass is 10.2. The number of hydrogen-bond acceptors (Lipinski definition) is 6. The Bertz CT molecular complexity index is 1130. The normalized spacial score (nSPS) is 11.2. The third-order valence-corrected chi connectivity index (χ3v) is 4.41. The first-order chi connectivity index (χ1) is 14.8. The molecule has 0 saturated carbocycles. The van der Waals surface area contributed by atoms with E-state index in [4.69, 9.17) is 11.6 Å². The molecular weight excluding hydrogens is 438 g/mol. The third kappa shape index (κ3) is 5.57. The van der Waals surface area contributed by atoms with E-state index in [0.717, 1.165) is 16.8 Å². The summed E-state index contributed by atoms with van der Waals surface area (Å²) >= 11 is 5.94. The summed E-state index contributed by atoms with van der Waals surface area (Å²) in [6.07, 6.45) is 3.65. The Morgan fingerprint density at radius 1 is 1.13 bits per heavy atom. The van der Waals surface area contributed by atoms with Crippen LogP contribution in [-0.2, 0) is 23.8 Å². The maximum absolute atomic E-state index is 14.3. The van der Waals surface area contributed by atoms with Gasteiger partial charge in [-0.3, -0.25) is 24.1 Å². The molecule has 12 heteroatoms. The summed E-state index contributed by atoms with van der Waals surface area (Å²) in [7, 11) is 0. The molecule has 0 saturated heterocycles. The number of anilines is 1. The van der Waals surface area contributed by atoms with Crippen LogP contribution in [0.2, 0.25) is 5.15 Å². The highest BCUT2D eigenvalue weighted by Crippen LogP contribution is 2.25. The number of carbonyl (C=O) groups is 1. The van der Waals surface area contributed by atoms with Gasteiger partial charge >= 0.3 is 5.92 Å². The molecule has 0 aliphatic rings. The average Bonchev–Trinajstić information content (AvgIpc) is 2.76. The summed E-state index contributed by atoms with van der Waals surface area (Å²) in [5, 5.41) is 4.51. The molecule has 3 rings (SSSR count). The average molecular weight is 454 g/mol. The number of carbonyl (C=O) groups excluding carboxylic acids is 1. The molecule has 0 aliphatic heterocycles. The first kappa shape index (κ1) is 22.2. The van der Waals surface area contributed by atoms with Crippen molar-refractivity contribution in [2.75, 3.05) is 11.9 Å². The summed E-state index contributed by atoms with van der Waals surface area (Å²) in [4.78, 5) is 35.8. The molecule has 162 valence electrons. The van der Waals surface area contributed by atoms with Gasteiger partial charge in [-0.1, -0.05) is 17.7 Å². The topological polar surface area (TPSA) is 102 Å². The Hall–Kier alpha value is -3.47. The zero-order chi connectivity index (χ0) is 22.4. The second-order valence-corrected chi connectivity index (χ2v) is 6.69. The van der Waals surface area contributed by atoms with E-state index < -0.39 is 47.8 Å². The molecular formula is C19H16ClF3N6O2. The van der Waals surface area contributed by atoms with Gasteiger partial charge in [-0.2, -0.15) is 8.78 Å². The van der Waals surface area contributed by atoms with E-state index in [-0.39, 0.29) is 17.4 Å². The van der Waals surface area contributed by atoms with Crippen LogP contribution in [0.25, 0.3) is 0 Å². The quantitative estimate of drug-likeness (QED) is 0.543. The molecule has 0 spiro atoms. The number of hydrogen-bond donors (Lipinski definition) is 2. The van der Waals surface area contributed by atoms with Gasteiger partial charge in [0, 0.05) is 12.4 Å². The molecule has 0 radical (unpaired) electrons. The molecule has 3 aromatic heterocycles. The second kappa shape index (κ2) is 9.56. The zero-order valence-electron chi connectivity index (χ0n) is 15.9. The summed E-state index contributed by atoms with van der Waals surface area (Å²) < 4.78 is 43.0. The highest BCUT2D eigenvalue weighted by Gasteiger charge is 2.33. The first-order valence-electron chi connectivity index (χ1n) is 8.92. The Morgan fingerprint density at radius 2 is 1.90 bits per heavy atom. The van der Waals surface area contributed by atoms with Crippen molar-refractivity contribution in [3.63, 3.8) is 0 Å². The molecule has 1 amide bonds. The van der Waals surface area contributed by atoms with Crippen molar-refractivity contribution >= 4 is 23.3 Å². The molecule has 0 bridgehead atoms. The Morgan fingerprint density at radius 3 is 2.61 bits per heavy atom. The fourth-order valence-electron chi connectivity index (χ4n) is 2.53. The van der Waals surface area contributed by atoms with Gasteiger partial charge in [-0.15, -0.1) is 0 Å². The van der Waals surface area contributed by atoms with Crippen LogP contribution in [0.5, 0.6) is 0 Å². The van der Waals surface area contributed by atoms with Gasteiger partial charge < -0.3 is 10.6 Å².